The maximum atomic E-state index is 13.5. The lowest BCUT2D eigenvalue weighted by Crippen LogP contribution is -2.33. The Hall–Kier alpha value is -3.35. The molecule has 1 aliphatic rings. The van der Waals surface area contributed by atoms with Crippen LogP contribution in [0.15, 0.2) is 41.0 Å². The Balaban J connectivity index is 1.81. The van der Waals surface area contributed by atoms with Gasteiger partial charge in [-0.25, -0.2) is 4.39 Å². The molecule has 3 heterocycles. The highest BCUT2D eigenvalue weighted by Gasteiger charge is 2.28. The average Bonchev–Trinajstić information content (AvgIpc) is 2.87. The summed E-state index contributed by atoms with van der Waals surface area (Å²) in [6, 6.07) is 6.06. The van der Waals surface area contributed by atoms with Gasteiger partial charge in [0.05, 0.1) is 26.0 Å². The monoisotopic (exact) mass is 500 g/mol. The fraction of sp³-hybridized carbons (Fsp3) is 0.360. The van der Waals surface area contributed by atoms with Crippen molar-refractivity contribution in [1.29, 1.82) is 0 Å². The fourth-order valence-corrected chi connectivity index (χ4v) is 3.98. The Morgan fingerprint density at radius 1 is 1.17 bits per heavy atom. The van der Waals surface area contributed by atoms with Crippen LogP contribution >= 0.6 is 0 Å². The SMILES string of the molecule is COCCNCC1=Cn2c(=O)c(C(O)NCCOC)c(O)c3ncc(Cc4ccc(F)cc4)c(c32)O1. The molecule has 4 rings (SSSR count). The van der Waals surface area contributed by atoms with E-state index in [9.17, 15) is 19.4 Å². The van der Waals surface area contributed by atoms with Crippen molar-refractivity contribution in [2.24, 2.45) is 0 Å². The highest BCUT2D eigenvalue weighted by atomic mass is 19.1. The number of hydrogen-bond acceptors (Lipinski definition) is 9. The molecule has 11 heteroatoms. The summed E-state index contributed by atoms with van der Waals surface area (Å²) in [6.07, 6.45) is 1.99. The number of methoxy groups -OCH3 is 2. The zero-order chi connectivity index (χ0) is 25.7. The van der Waals surface area contributed by atoms with Crippen LogP contribution in [-0.2, 0) is 15.9 Å². The molecule has 0 spiro atoms. The zero-order valence-corrected chi connectivity index (χ0v) is 20.1. The van der Waals surface area contributed by atoms with Gasteiger partial charge in [-0.05, 0) is 17.7 Å². The minimum atomic E-state index is -1.44. The molecule has 1 aliphatic heterocycles. The second-order valence-electron chi connectivity index (χ2n) is 8.27. The molecule has 1 unspecified atom stereocenters. The quantitative estimate of drug-likeness (QED) is 0.216. The lowest BCUT2D eigenvalue weighted by molar-refractivity contribution is 0.115. The number of aromatic nitrogens is 2. The van der Waals surface area contributed by atoms with Crippen molar-refractivity contribution in [3.63, 3.8) is 0 Å². The summed E-state index contributed by atoms with van der Waals surface area (Å²) in [4.78, 5) is 17.9. The average molecular weight is 501 g/mol. The smallest absolute Gasteiger partial charge is 0.266 e. The second kappa shape index (κ2) is 11.6. The topological polar surface area (TPSA) is 127 Å². The Labute approximate surface area is 206 Å². The molecule has 36 heavy (non-hydrogen) atoms. The number of halogens is 1. The molecule has 4 N–H and O–H groups in total. The van der Waals surface area contributed by atoms with Gasteiger partial charge in [0.25, 0.3) is 5.56 Å². The molecule has 1 atom stereocenters. The lowest BCUT2D eigenvalue weighted by Gasteiger charge is -2.24. The highest BCUT2D eigenvalue weighted by Crippen LogP contribution is 2.38. The van der Waals surface area contributed by atoms with Gasteiger partial charge in [0.1, 0.15) is 34.4 Å². The third-order valence-corrected chi connectivity index (χ3v) is 5.76. The number of benzene rings is 1. The summed E-state index contributed by atoms with van der Waals surface area (Å²) < 4.78 is 30.9. The van der Waals surface area contributed by atoms with E-state index >= 15 is 0 Å². The Kier molecular flexibility index (Phi) is 8.28. The summed E-state index contributed by atoms with van der Waals surface area (Å²) in [7, 11) is 3.12. The van der Waals surface area contributed by atoms with Crippen LogP contribution in [-0.4, -0.2) is 66.8 Å². The Morgan fingerprint density at radius 3 is 2.61 bits per heavy atom. The number of rotatable bonds is 12. The number of nitrogens with one attached hydrogen (secondary N) is 2. The fourth-order valence-electron chi connectivity index (χ4n) is 3.98. The van der Waals surface area contributed by atoms with Crippen LogP contribution in [0.4, 0.5) is 4.39 Å². The summed E-state index contributed by atoms with van der Waals surface area (Å²) in [5.74, 6) is 0.0318. The molecule has 2 aromatic heterocycles. The van der Waals surface area contributed by atoms with E-state index in [1.165, 1.54) is 30.0 Å². The van der Waals surface area contributed by atoms with Crippen molar-refractivity contribution in [1.82, 2.24) is 20.2 Å². The van der Waals surface area contributed by atoms with Gasteiger partial charge in [0, 0.05) is 45.5 Å². The van der Waals surface area contributed by atoms with Gasteiger partial charge in [-0.2, -0.15) is 0 Å². The maximum Gasteiger partial charge on any atom is 0.266 e. The lowest BCUT2D eigenvalue weighted by atomic mass is 10.0. The van der Waals surface area contributed by atoms with E-state index in [0.717, 1.165) is 5.56 Å². The first-order valence-corrected chi connectivity index (χ1v) is 11.5. The van der Waals surface area contributed by atoms with Gasteiger partial charge < -0.3 is 29.7 Å². The van der Waals surface area contributed by atoms with Crippen LogP contribution in [0.5, 0.6) is 11.5 Å². The predicted octanol–water partition coefficient (Wildman–Crippen LogP) is 1.49. The van der Waals surface area contributed by atoms with Crippen LogP contribution in [0.2, 0.25) is 0 Å². The van der Waals surface area contributed by atoms with E-state index in [1.807, 2.05) is 0 Å². The van der Waals surface area contributed by atoms with Gasteiger partial charge in [0.2, 0.25) is 0 Å². The molecule has 1 aromatic carbocycles. The molecular weight excluding hydrogens is 471 g/mol. The molecule has 0 aliphatic carbocycles. The first-order valence-electron chi connectivity index (χ1n) is 11.5. The summed E-state index contributed by atoms with van der Waals surface area (Å²) in [6.45, 7) is 1.93. The van der Waals surface area contributed by atoms with Crippen molar-refractivity contribution >= 4 is 17.2 Å². The number of aliphatic hydroxyl groups is 1. The van der Waals surface area contributed by atoms with Crippen LogP contribution in [0.1, 0.15) is 22.9 Å². The predicted molar refractivity (Wildman–Crippen MR) is 131 cm³/mol. The standard InChI is InChI=1S/C25H29FN4O6/c1-34-9-7-27-13-18-14-30-21-20(22(31)19(25(30)33)24(32)28-8-10-35-2)29-12-16(23(21)36-18)11-15-3-5-17(26)6-4-15/h3-6,12,14,24,27-28,31-32H,7-11,13H2,1-2H3. The van der Waals surface area contributed by atoms with Gasteiger partial charge in [-0.15, -0.1) is 0 Å². The Morgan fingerprint density at radius 2 is 1.89 bits per heavy atom. The van der Waals surface area contributed by atoms with Gasteiger partial charge >= 0.3 is 0 Å². The normalized spacial score (nSPS) is 13.5. The zero-order valence-electron chi connectivity index (χ0n) is 20.1. The van der Waals surface area contributed by atoms with Crippen LogP contribution in [0, 0.1) is 5.82 Å². The van der Waals surface area contributed by atoms with Crippen molar-refractivity contribution < 1.29 is 28.8 Å². The van der Waals surface area contributed by atoms with Crippen molar-refractivity contribution in [2.75, 3.05) is 47.1 Å². The third kappa shape index (κ3) is 5.40. The first-order chi connectivity index (χ1) is 17.4. The summed E-state index contributed by atoms with van der Waals surface area (Å²) >= 11 is 0. The molecular formula is C25H29FN4O6. The van der Waals surface area contributed by atoms with E-state index in [0.29, 0.717) is 49.8 Å². The molecule has 0 fully saturated rings. The number of hydrogen-bond donors (Lipinski definition) is 4. The molecule has 0 bridgehead atoms. The van der Waals surface area contributed by atoms with Gasteiger partial charge in [0.15, 0.2) is 11.5 Å². The van der Waals surface area contributed by atoms with E-state index in [4.69, 9.17) is 14.2 Å². The molecule has 0 saturated heterocycles. The molecule has 0 saturated carbocycles. The molecule has 3 aromatic rings. The first kappa shape index (κ1) is 25.7. The van der Waals surface area contributed by atoms with Crippen molar-refractivity contribution in [3.8, 4) is 11.5 Å². The minimum Gasteiger partial charge on any atom is -0.505 e. The molecule has 0 amide bonds. The number of aliphatic hydroxyl groups excluding tert-OH is 1. The van der Waals surface area contributed by atoms with Gasteiger partial charge in [-0.1, -0.05) is 12.1 Å². The van der Waals surface area contributed by atoms with Crippen molar-refractivity contribution in [3.05, 3.63) is 69.1 Å². The highest BCUT2D eigenvalue weighted by molar-refractivity contribution is 5.91. The largest absolute Gasteiger partial charge is 0.505 e. The summed E-state index contributed by atoms with van der Waals surface area (Å²) in [5.41, 5.74) is 1.02. The number of nitrogens with zero attached hydrogens (tertiary/aromatic N) is 2. The van der Waals surface area contributed by atoms with E-state index in [-0.39, 0.29) is 29.0 Å². The third-order valence-electron chi connectivity index (χ3n) is 5.76. The second-order valence-corrected chi connectivity index (χ2v) is 8.27. The minimum absolute atomic E-state index is 0.109. The molecule has 192 valence electrons. The summed E-state index contributed by atoms with van der Waals surface area (Å²) in [5, 5.41) is 27.5. The molecule has 0 radical (unpaired) electrons. The maximum absolute atomic E-state index is 13.5. The number of pyridine rings is 2. The van der Waals surface area contributed by atoms with Crippen LogP contribution in [0.25, 0.3) is 17.2 Å². The Bertz CT molecular complexity index is 1310. The van der Waals surface area contributed by atoms with Crippen LogP contribution < -0.4 is 20.9 Å². The van der Waals surface area contributed by atoms with Crippen molar-refractivity contribution in [2.45, 2.75) is 12.6 Å². The van der Waals surface area contributed by atoms with E-state index < -0.39 is 17.5 Å². The number of aromatic hydroxyl groups is 1. The van der Waals surface area contributed by atoms with Gasteiger partial charge in [-0.3, -0.25) is 19.7 Å². The number of ether oxygens (including phenoxy) is 3. The van der Waals surface area contributed by atoms with Crippen LogP contribution in [0.3, 0.4) is 0 Å². The van der Waals surface area contributed by atoms with E-state index in [2.05, 4.69) is 15.6 Å². The van der Waals surface area contributed by atoms with E-state index in [1.54, 1.807) is 25.4 Å². The molecule has 10 nitrogen and oxygen atoms in total.